The fraction of sp³-hybridized carbons (Fsp3) is 0.300. The Morgan fingerprint density at radius 1 is 1.44 bits per heavy atom. The zero-order valence-electron chi connectivity index (χ0n) is 8.22. The van der Waals surface area contributed by atoms with E-state index in [1.165, 1.54) is 6.92 Å². The lowest BCUT2D eigenvalue weighted by atomic mass is 10.1. The monoisotopic (exact) mass is 296 g/mol. The smallest absolute Gasteiger partial charge is 0.451 e. The molecule has 1 rings (SSSR count). The van der Waals surface area contributed by atoms with Gasteiger partial charge < -0.3 is 4.74 Å². The predicted molar refractivity (Wildman–Crippen MR) is 54.7 cm³/mol. The Morgan fingerprint density at radius 3 is 2.56 bits per heavy atom. The van der Waals surface area contributed by atoms with Gasteiger partial charge >= 0.3 is 12.1 Å². The van der Waals surface area contributed by atoms with Gasteiger partial charge in [0, 0.05) is 4.47 Å². The number of hydrogen-bond acceptors (Lipinski definition) is 2. The molecule has 16 heavy (non-hydrogen) atoms. The van der Waals surface area contributed by atoms with E-state index in [1.54, 1.807) is 24.3 Å². The van der Waals surface area contributed by atoms with Crippen LogP contribution in [0.2, 0.25) is 0 Å². The highest BCUT2D eigenvalue weighted by molar-refractivity contribution is 9.10. The minimum atomic E-state index is -4.96. The molecule has 0 amide bonds. The second-order valence-electron chi connectivity index (χ2n) is 3.10. The molecule has 88 valence electrons. The molecule has 0 aliphatic heterocycles. The quantitative estimate of drug-likeness (QED) is 0.779. The normalized spacial score (nSPS) is 13.3. The van der Waals surface area contributed by atoms with Gasteiger partial charge in [-0.2, -0.15) is 13.2 Å². The van der Waals surface area contributed by atoms with E-state index in [4.69, 9.17) is 0 Å². The lowest BCUT2D eigenvalue weighted by molar-refractivity contribution is -0.204. The van der Waals surface area contributed by atoms with Gasteiger partial charge in [0.15, 0.2) is 0 Å². The third-order valence-electron chi connectivity index (χ3n) is 1.83. The van der Waals surface area contributed by atoms with Crippen molar-refractivity contribution < 1.29 is 22.7 Å². The molecule has 2 nitrogen and oxygen atoms in total. The average Bonchev–Trinajstić information content (AvgIpc) is 2.16. The van der Waals surface area contributed by atoms with Gasteiger partial charge in [-0.3, -0.25) is 0 Å². The van der Waals surface area contributed by atoms with Gasteiger partial charge in [-0.05, 0) is 24.6 Å². The van der Waals surface area contributed by atoms with Crippen LogP contribution in [-0.2, 0) is 9.53 Å². The molecular weight excluding hydrogens is 289 g/mol. The lowest BCUT2D eigenvalue weighted by Gasteiger charge is -2.14. The maximum Gasteiger partial charge on any atom is 0.490 e. The number of carbonyl (C=O) groups excluding carboxylic acids is 1. The molecule has 0 bridgehead atoms. The van der Waals surface area contributed by atoms with Crippen molar-refractivity contribution in [2.24, 2.45) is 0 Å². The SMILES string of the molecule is CC(OC(=O)C(F)(F)F)c1cccc(Br)c1. The fourth-order valence-corrected chi connectivity index (χ4v) is 1.47. The highest BCUT2D eigenvalue weighted by Crippen LogP contribution is 2.25. The van der Waals surface area contributed by atoms with E-state index in [2.05, 4.69) is 20.7 Å². The summed E-state index contributed by atoms with van der Waals surface area (Å²) in [6.07, 6.45) is -5.90. The van der Waals surface area contributed by atoms with E-state index in [0.29, 0.717) is 10.0 Å². The van der Waals surface area contributed by atoms with Crippen molar-refractivity contribution in [2.75, 3.05) is 0 Å². The Bertz CT molecular complexity index is 390. The number of ether oxygens (including phenoxy) is 1. The summed E-state index contributed by atoms with van der Waals surface area (Å²) in [6, 6.07) is 6.55. The minimum Gasteiger partial charge on any atom is -0.451 e. The molecule has 0 fully saturated rings. The van der Waals surface area contributed by atoms with Crippen molar-refractivity contribution in [3.8, 4) is 0 Å². The van der Waals surface area contributed by atoms with Crippen LogP contribution in [0.15, 0.2) is 28.7 Å². The van der Waals surface area contributed by atoms with Gasteiger partial charge in [0.05, 0.1) is 0 Å². The van der Waals surface area contributed by atoms with Crippen LogP contribution in [0.4, 0.5) is 13.2 Å². The second kappa shape index (κ2) is 4.86. The highest BCUT2D eigenvalue weighted by atomic mass is 79.9. The third kappa shape index (κ3) is 3.52. The van der Waals surface area contributed by atoms with Crippen LogP contribution >= 0.6 is 15.9 Å². The van der Waals surface area contributed by atoms with Crippen molar-refractivity contribution in [3.05, 3.63) is 34.3 Å². The molecule has 0 heterocycles. The number of alkyl halides is 3. The van der Waals surface area contributed by atoms with Crippen molar-refractivity contribution in [2.45, 2.75) is 19.2 Å². The van der Waals surface area contributed by atoms with Crippen molar-refractivity contribution in [1.29, 1.82) is 0 Å². The van der Waals surface area contributed by atoms with Crippen molar-refractivity contribution in [1.82, 2.24) is 0 Å². The molecule has 0 radical (unpaired) electrons. The van der Waals surface area contributed by atoms with Crippen LogP contribution < -0.4 is 0 Å². The van der Waals surface area contributed by atoms with Crippen LogP contribution in [0.5, 0.6) is 0 Å². The van der Waals surface area contributed by atoms with Gasteiger partial charge in [0.2, 0.25) is 0 Å². The predicted octanol–water partition coefficient (Wildman–Crippen LogP) is 3.62. The molecule has 0 aliphatic carbocycles. The van der Waals surface area contributed by atoms with Crippen LogP contribution in [0.1, 0.15) is 18.6 Å². The molecule has 1 aromatic rings. The molecule has 0 saturated heterocycles. The first-order chi connectivity index (χ1) is 7.30. The summed E-state index contributed by atoms with van der Waals surface area (Å²) in [5.41, 5.74) is 0.493. The Kier molecular flexibility index (Phi) is 3.96. The van der Waals surface area contributed by atoms with Gasteiger partial charge in [0.1, 0.15) is 6.10 Å². The van der Waals surface area contributed by atoms with Gasteiger partial charge in [-0.15, -0.1) is 0 Å². The summed E-state index contributed by atoms with van der Waals surface area (Å²) in [4.78, 5) is 10.6. The first-order valence-electron chi connectivity index (χ1n) is 4.34. The standard InChI is InChI=1S/C10H8BrF3O2/c1-6(16-9(15)10(12,13)14)7-3-2-4-8(11)5-7/h2-6H,1H3. The molecule has 6 heteroatoms. The molecule has 0 spiro atoms. The zero-order chi connectivity index (χ0) is 12.3. The maximum absolute atomic E-state index is 11.9. The molecular formula is C10H8BrF3O2. The number of halogens is 4. The third-order valence-corrected chi connectivity index (χ3v) is 2.33. The number of rotatable bonds is 2. The van der Waals surface area contributed by atoms with Crippen LogP contribution in [0.25, 0.3) is 0 Å². The van der Waals surface area contributed by atoms with Crippen LogP contribution in [0, 0.1) is 0 Å². The average molecular weight is 297 g/mol. The molecule has 1 unspecified atom stereocenters. The summed E-state index contributed by atoms with van der Waals surface area (Å²) >= 11 is 3.17. The van der Waals surface area contributed by atoms with Crippen LogP contribution in [-0.4, -0.2) is 12.1 Å². The fourth-order valence-electron chi connectivity index (χ4n) is 1.05. The molecule has 1 atom stereocenters. The summed E-state index contributed by atoms with van der Waals surface area (Å²) in [5, 5.41) is 0. The highest BCUT2D eigenvalue weighted by Gasteiger charge is 2.41. The Morgan fingerprint density at radius 2 is 2.06 bits per heavy atom. The van der Waals surface area contributed by atoms with Crippen molar-refractivity contribution >= 4 is 21.9 Å². The summed E-state index contributed by atoms with van der Waals surface area (Å²) in [6.45, 7) is 1.38. The van der Waals surface area contributed by atoms with E-state index >= 15 is 0 Å². The molecule has 0 aliphatic rings. The summed E-state index contributed by atoms with van der Waals surface area (Å²) < 4.78 is 40.7. The molecule has 0 aromatic heterocycles. The summed E-state index contributed by atoms with van der Waals surface area (Å²) in [7, 11) is 0. The lowest BCUT2D eigenvalue weighted by Crippen LogP contribution is -2.26. The van der Waals surface area contributed by atoms with E-state index in [1.807, 2.05) is 0 Å². The van der Waals surface area contributed by atoms with E-state index in [0.717, 1.165) is 0 Å². The van der Waals surface area contributed by atoms with Gasteiger partial charge in [-0.1, -0.05) is 28.1 Å². The van der Waals surface area contributed by atoms with E-state index in [9.17, 15) is 18.0 Å². The van der Waals surface area contributed by atoms with E-state index in [-0.39, 0.29) is 0 Å². The number of esters is 1. The topological polar surface area (TPSA) is 26.3 Å². The maximum atomic E-state index is 11.9. The molecule has 1 aromatic carbocycles. The Labute approximate surface area is 98.5 Å². The van der Waals surface area contributed by atoms with Gasteiger partial charge in [0.25, 0.3) is 0 Å². The number of hydrogen-bond donors (Lipinski definition) is 0. The zero-order valence-corrected chi connectivity index (χ0v) is 9.80. The van der Waals surface area contributed by atoms with Crippen LogP contribution in [0.3, 0.4) is 0 Å². The first kappa shape index (κ1) is 13.0. The second-order valence-corrected chi connectivity index (χ2v) is 4.02. The minimum absolute atomic E-state index is 0.493. The van der Waals surface area contributed by atoms with E-state index < -0.39 is 18.2 Å². The molecule has 0 saturated carbocycles. The Hall–Kier alpha value is -1.04. The molecule has 0 N–H and O–H groups in total. The number of carbonyl (C=O) groups is 1. The largest absolute Gasteiger partial charge is 0.490 e. The number of benzene rings is 1. The van der Waals surface area contributed by atoms with Gasteiger partial charge in [-0.25, -0.2) is 4.79 Å². The Balaban J connectivity index is 2.73. The van der Waals surface area contributed by atoms with Crippen molar-refractivity contribution in [3.63, 3.8) is 0 Å². The first-order valence-corrected chi connectivity index (χ1v) is 5.13. The summed E-state index contributed by atoms with van der Waals surface area (Å²) in [5.74, 6) is -2.18.